The first kappa shape index (κ1) is 36.4. The van der Waals surface area contributed by atoms with Crippen molar-refractivity contribution in [2.75, 3.05) is 6.61 Å². The van der Waals surface area contributed by atoms with E-state index < -0.39 is 106 Å². The van der Waals surface area contributed by atoms with E-state index in [9.17, 15) is 28.8 Å². The zero-order valence-electron chi connectivity index (χ0n) is 28.9. The highest BCUT2D eigenvalue weighted by Gasteiger charge is 2.82. The van der Waals surface area contributed by atoms with Crippen LogP contribution in [0.4, 0.5) is 0 Å². The van der Waals surface area contributed by atoms with Gasteiger partial charge >= 0.3 is 35.8 Å². The first-order valence-corrected chi connectivity index (χ1v) is 16.2. The van der Waals surface area contributed by atoms with Crippen LogP contribution in [0.3, 0.4) is 0 Å². The monoisotopic (exact) mass is 664 g/mol. The van der Waals surface area contributed by atoms with Gasteiger partial charge in [0.2, 0.25) is 0 Å². The van der Waals surface area contributed by atoms with E-state index >= 15 is 0 Å². The molecule has 0 aromatic heterocycles. The molecular formula is C34H48O13. The second kappa shape index (κ2) is 12.9. The van der Waals surface area contributed by atoms with Crippen LogP contribution in [0.5, 0.6) is 0 Å². The van der Waals surface area contributed by atoms with Crippen molar-refractivity contribution in [2.24, 2.45) is 29.1 Å². The van der Waals surface area contributed by atoms with Crippen molar-refractivity contribution in [3.05, 3.63) is 12.2 Å². The topological polar surface area (TPSA) is 167 Å². The van der Waals surface area contributed by atoms with Gasteiger partial charge in [0.05, 0.1) is 17.9 Å². The van der Waals surface area contributed by atoms with Crippen molar-refractivity contribution >= 4 is 35.8 Å². The Morgan fingerprint density at radius 1 is 0.851 bits per heavy atom. The Morgan fingerprint density at radius 2 is 1.47 bits per heavy atom. The SMILES string of the molecule is CCCC(=O)OC1C2(C)OCC3(C(OC(C)=O)C=CC(C(C)(C)OC(C)=O)C23)C(OC(C)=O)C2C(OC(C)=O)C(C)CC21OC(C)=O. The lowest BCUT2D eigenvalue weighted by Gasteiger charge is -2.53. The molecule has 11 unspecified atom stereocenters. The van der Waals surface area contributed by atoms with Crippen LogP contribution in [0, 0.1) is 29.1 Å². The summed E-state index contributed by atoms with van der Waals surface area (Å²) >= 11 is 0. The fraction of sp³-hybridized carbons (Fsp3) is 0.765. The fourth-order valence-corrected chi connectivity index (χ4v) is 9.22. The second-order valence-corrected chi connectivity index (χ2v) is 14.2. The molecule has 1 saturated heterocycles. The third-order valence-electron chi connectivity index (χ3n) is 10.3. The highest BCUT2D eigenvalue weighted by molar-refractivity contribution is 5.71. The van der Waals surface area contributed by atoms with Crippen LogP contribution in [-0.4, -0.2) is 83.6 Å². The van der Waals surface area contributed by atoms with E-state index in [-0.39, 0.29) is 19.4 Å². The van der Waals surface area contributed by atoms with Crippen molar-refractivity contribution in [1.29, 1.82) is 0 Å². The number of hydrogen-bond donors (Lipinski definition) is 0. The molecule has 0 spiro atoms. The summed E-state index contributed by atoms with van der Waals surface area (Å²) in [7, 11) is 0. The molecular weight excluding hydrogens is 616 g/mol. The first-order valence-electron chi connectivity index (χ1n) is 16.2. The number of carbonyl (C=O) groups is 6. The summed E-state index contributed by atoms with van der Waals surface area (Å²) in [6.07, 6.45) is -0.717. The lowest BCUT2D eigenvalue weighted by atomic mass is 9.54. The van der Waals surface area contributed by atoms with Gasteiger partial charge in [-0.15, -0.1) is 0 Å². The van der Waals surface area contributed by atoms with Crippen LogP contribution in [0.15, 0.2) is 12.2 Å². The first-order chi connectivity index (χ1) is 21.8. The molecule has 2 bridgehead atoms. The summed E-state index contributed by atoms with van der Waals surface area (Å²) in [4.78, 5) is 77.4. The van der Waals surface area contributed by atoms with Gasteiger partial charge in [-0.05, 0) is 45.6 Å². The third-order valence-corrected chi connectivity index (χ3v) is 10.3. The van der Waals surface area contributed by atoms with Gasteiger partial charge in [0.1, 0.15) is 29.5 Å². The molecule has 0 aromatic carbocycles. The molecule has 1 heterocycles. The number of fused-ring (bicyclic) bond motifs is 1. The second-order valence-electron chi connectivity index (χ2n) is 14.2. The van der Waals surface area contributed by atoms with Gasteiger partial charge in [0.25, 0.3) is 0 Å². The van der Waals surface area contributed by atoms with E-state index in [2.05, 4.69) is 0 Å². The largest absolute Gasteiger partial charge is 0.462 e. The van der Waals surface area contributed by atoms with E-state index in [1.54, 1.807) is 39.8 Å². The average molecular weight is 665 g/mol. The van der Waals surface area contributed by atoms with Crippen molar-refractivity contribution in [2.45, 2.75) is 130 Å². The Kier molecular flexibility index (Phi) is 9.94. The summed E-state index contributed by atoms with van der Waals surface area (Å²) < 4.78 is 43.5. The Balaban J connectivity index is 2.18. The molecule has 13 nitrogen and oxygen atoms in total. The summed E-state index contributed by atoms with van der Waals surface area (Å²) in [6.45, 7) is 14.8. The van der Waals surface area contributed by atoms with Crippen molar-refractivity contribution in [1.82, 2.24) is 0 Å². The predicted molar refractivity (Wildman–Crippen MR) is 162 cm³/mol. The summed E-state index contributed by atoms with van der Waals surface area (Å²) in [5.41, 5.74) is -5.93. The minimum absolute atomic E-state index is 0.0395. The Hall–Kier alpha value is -3.48. The third kappa shape index (κ3) is 6.15. The summed E-state index contributed by atoms with van der Waals surface area (Å²) in [5.74, 6) is -6.94. The minimum atomic E-state index is -1.74. The number of ether oxygens (including phenoxy) is 7. The van der Waals surface area contributed by atoms with E-state index in [0.29, 0.717) is 6.42 Å². The lowest BCUT2D eigenvalue weighted by Crippen LogP contribution is -2.64. The molecule has 11 atom stereocenters. The maximum atomic E-state index is 13.5. The van der Waals surface area contributed by atoms with E-state index in [4.69, 9.17) is 33.2 Å². The predicted octanol–water partition coefficient (Wildman–Crippen LogP) is 3.38. The normalized spacial score (nSPS) is 38.6. The quantitative estimate of drug-likeness (QED) is 0.200. The van der Waals surface area contributed by atoms with Crippen LogP contribution in [0.25, 0.3) is 0 Å². The molecule has 0 aromatic rings. The van der Waals surface area contributed by atoms with Gasteiger partial charge < -0.3 is 33.2 Å². The van der Waals surface area contributed by atoms with Gasteiger partial charge in [0.15, 0.2) is 11.7 Å². The standard InChI is InChI=1S/C34H48O13/c1-11-12-25(40)45-30-32(10)28-23(31(8,9)46-21(6)38)13-14-24(42-18(3)35)33(28,16-41-32)29(44-20(5)37)26-27(43-19(4)36)17(2)15-34(26,30)47-22(7)39/h13-14,17,23-24,26-30H,11-12,15-16H2,1-10H3. The van der Waals surface area contributed by atoms with Gasteiger partial charge in [-0.1, -0.05) is 19.9 Å². The van der Waals surface area contributed by atoms with Crippen molar-refractivity contribution in [3.8, 4) is 0 Å². The zero-order valence-corrected chi connectivity index (χ0v) is 28.9. The molecule has 0 radical (unpaired) electrons. The number of hydrogen-bond acceptors (Lipinski definition) is 13. The molecule has 0 amide bonds. The highest BCUT2D eigenvalue weighted by Crippen LogP contribution is 2.69. The zero-order chi connectivity index (χ0) is 35.3. The molecule has 3 aliphatic carbocycles. The molecule has 2 saturated carbocycles. The van der Waals surface area contributed by atoms with E-state index in [1.165, 1.54) is 34.6 Å². The molecule has 262 valence electrons. The van der Waals surface area contributed by atoms with Crippen molar-refractivity contribution < 1.29 is 61.9 Å². The lowest BCUT2D eigenvalue weighted by molar-refractivity contribution is -0.247. The smallest absolute Gasteiger partial charge is 0.306 e. The van der Waals surface area contributed by atoms with Crippen LogP contribution < -0.4 is 0 Å². The fourth-order valence-electron chi connectivity index (χ4n) is 9.22. The highest BCUT2D eigenvalue weighted by atomic mass is 16.6. The number of carbonyl (C=O) groups excluding carboxylic acids is 6. The van der Waals surface area contributed by atoms with Crippen molar-refractivity contribution in [3.63, 3.8) is 0 Å². The Bertz CT molecular complexity index is 1340. The van der Waals surface area contributed by atoms with Gasteiger partial charge in [-0.3, -0.25) is 28.8 Å². The van der Waals surface area contributed by atoms with Crippen LogP contribution >= 0.6 is 0 Å². The van der Waals surface area contributed by atoms with E-state index in [0.717, 1.165) is 0 Å². The number of esters is 6. The maximum Gasteiger partial charge on any atom is 0.306 e. The summed E-state index contributed by atoms with van der Waals surface area (Å²) in [6, 6.07) is 0. The van der Waals surface area contributed by atoms with Gasteiger partial charge in [-0.2, -0.15) is 0 Å². The van der Waals surface area contributed by atoms with Crippen LogP contribution in [0.2, 0.25) is 0 Å². The van der Waals surface area contributed by atoms with Gasteiger partial charge in [0, 0.05) is 52.9 Å². The van der Waals surface area contributed by atoms with Crippen LogP contribution in [-0.2, 0) is 61.9 Å². The molecule has 4 aliphatic rings. The molecule has 0 N–H and O–H groups in total. The molecule has 13 heteroatoms. The van der Waals surface area contributed by atoms with Gasteiger partial charge in [-0.25, -0.2) is 0 Å². The molecule has 1 aliphatic heterocycles. The maximum absolute atomic E-state index is 13.5. The molecule has 4 rings (SSSR count). The Labute approximate surface area is 275 Å². The molecule has 47 heavy (non-hydrogen) atoms. The van der Waals surface area contributed by atoms with E-state index in [1.807, 2.05) is 6.92 Å². The Morgan fingerprint density at radius 3 is 2.00 bits per heavy atom. The number of rotatable bonds is 9. The average Bonchev–Trinajstić information content (AvgIpc) is 3.35. The molecule has 3 fully saturated rings. The van der Waals surface area contributed by atoms with Crippen LogP contribution in [0.1, 0.15) is 88.5 Å². The summed E-state index contributed by atoms with van der Waals surface area (Å²) in [5, 5.41) is 0. The minimum Gasteiger partial charge on any atom is -0.462 e.